The van der Waals surface area contributed by atoms with Crippen LogP contribution in [0, 0.1) is 0 Å². The van der Waals surface area contributed by atoms with Crippen LogP contribution in [0.4, 0.5) is 0 Å². The molecule has 0 atom stereocenters. The van der Waals surface area contributed by atoms with E-state index >= 15 is 0 Å². The number of hydrogen-bond donors (Lipinski definition) is 0. The molecule has 11 heavy (non-hydrogen) atoms. The summed E-state index contributed by atoms with van der Waals surface area (Å²) in [5.74, 6) is 0. The molecule has 0 radical (unpaired) electrons. The highest BCUT2D eigenvalue weighted by atomic mass is 127. The Balaban J connectivity index is -0.000000000714. The van der Waals surface area contributed by atoms with Gasteiger partial charge < -0.3 is 0 Å². The predicted molar refractivity (Wildman–Crippen MR) is 67.5 cm³/mol. The van der Waals surface area contributed by atoms with Crippen molar-refractivity contribution in [1.82, 2.24) is 0 Å². The molecule has 2 nitrogen and oxygen atoms in total. The summed E-state index contributed by atoms with van der Waals surface area (Å²) in [6.07, 6.45) is 0.250. The lowest BCUT2D eigenvalue weighted by Crippen LogP contribution is -1.22. The summed E-state index contributed by atoms with van der Waals surface area (Å²) in [7, 11) is 0. The van der Waals surface area contributed by atoms with E-state index in [9.17, 15) is 0 Å². The molecule has 0 bridgehead atoms. The largest absolute Gasteiger partial charge is 0.373 e. The molecular formula is C8H29IO2. The molecule has 0 saturated heterocycles. The van der Waals surface area contributed by atoms with Gasteiger partial charge in [0.15, 0.2) is 0 Å². The van der Waals surface area contributed by atoms with Crippen molar-refractivity contribution in [3.8, 4) is 0 Å². The molecule has 0 aromatic rings. The van der Waals surface area contributed by atoms with Gasteiger partial charge >= 0.3 is 6.15 Å². The fourth-order valence-electron chi connectivity index (χ4n) is 0. The number of hydrogen-bond acceptors (Lipinski definition) is 2. The molecule has 80 valence electrons. The van der Waals surface area contributed by atoms with E-state index in [1.165, 1.54) is 0 Å². The highest BCUT2D eigenvalue weighted by molar-refractivity contribution is 14.0. The zero-order valence-electron chi connectivity index (χ0n) is 1.72. The molecule has 0 aromatic carbocycles. The van der Waals surface area contributed by atoms with E-state index in [2.05, 4.69) is 0 Å². The molecule has 0 aliphatic carbocycles. The Hall–Kier alpha value is 0.110. The minimum Gasteiger partial charge on any atom is -0.186 e. The topological polar surface area (TPSA) is 34.1 Å². The molecule has 0 N–H and O–H groups in total. The van der Waals surface area contributed by atoms with Crippen LogP contribution >= 0.6 is 24.0 Å². The third-order valence-corrected chi connectivity index (χ3v) is 0. The highest BCUT2D eigenvalue weighted by Crippen LogP contribution is 0.886. The van der Waals surface area contributed by atoms with E-state index < -0.39 is 0 Å². The Morgan fingerprint density at radius 2 is 0.545 bits per heavy atom. The molecule has 0 fully saturated rings. The SMILES string of the molecule is C.C.C.C.C.C.C.I.O=C=O. The molecule has 3 heteroatoms. The summed E-state index contributed by atoms with van der Waals surface area (Å²) < 4.78 is 0. The van der Waals surface area contributed by atoms with Gasteiger partial charge in [0.25, 0.3) is 0 Å². The summed E-state index contributed by atoms with van der Waals surface area (Å²) >= 11 is 0. The van der Waals surface area contributed by atoms with Crippen LogP contribution in [0.25, 0.3) is 0 Å². The summed E-state index contributed by atoms with van der Waals surface area (Å²) in [4.78, 5) is 16.2. The standard InChI is InChI=1S/CO2.7CH4.HI/c2-1-3;;;;;;;;/h;7*1H4;1H. The molecule has 0 unspecified atom stereocenters. The van der Waals surface area contributed by atoms with Crippen molar-refractivity contribution < 1.29 is 9.59 Å². The Kier molecular flexibility index (Phi) is 15800. The van der Waals surface area contributed by atoms with Crippen molar-refractivity contribution in [2.45, 2.75) is 52.0 Å². The summed E-state index contributed by atoms with van der Waals surface area (Å²) in [5, 5.41) is 0. The van der Waals surface area contributed by atoms with Gasteiger partial charge in [0.1, 0.15) is 0 Å². The molecule has 0 saturated carbocycles. The Bertz CT molecular complexity index is 33.1. The van der Waals surface area contributed by atoms with Crippen LogP contribution < -0.4 is 0 Å². The molecule has 0 aliphatic rings. The van der Waals surface area contributed by atoms with Crippen LogP contribution in [0.15, 0.2) is 0 Å². The van der Waals surface area contributed by atoms with Gasteiger partial charge in [-0.25, -0.2) is 0 Å². The van der Waals surface area contributed by atoms with E-state index in [0.29, 0.717) is 0 Å². The van der Waals surface area contributed by atoms with Crippen molar-refractivity contribution in [2.75, 3.05) is 0 Å². The minimum absolute atomic E-state index is 0. The first kappa shape index (κ1) is 255. The van der Waals surface area contributed by atoms with E-state index in [0.717, 1.165) is 0 Å². The molecule has 0 rings (SSSR count). The van der Waals surface area contributed by atoms with Crippen LogP contribution in [0.1, 0.15) is 52.0 Å². The Morgan fingerprint density at radius 3 is 0.545 bits per heavy atom. The van der Waals surface area contributed by atoms with E-state index in [-0.39, 0.29) is 82.1 Å². The van der Waals surface area contributed by atoms with Gasteiger partial charge in [-0.05, 0) is 0 Å². The quantitative estimate of drug-likeness (QED) is 0.614. The van der Waals surface area contributed by atoms with Crippen molar-refractivity contribution in [1.29, 1.82) is 0 Å². The summed E-state index contributed by atoms with van der Waals surface area (Å²) in [6, 6.07) is 0. The van der Waals surface area contributed by atoms with Crippen LogP contribution in [-0.2, 0) is 9.59 Å². The fourth-order valence-corrected chi connectivity index (χ4v) is 0. The molecule has 0 aromatic heterocycles. The second kappa shape index (κ2) is 681. The second-order valence-corrected chi connectivity index (χ2v) is 0.0833. The van der Waals surface area contributed by atoms with E-state index in [4.69, 9.17) is 9.59 Å². The molecule has 0 spiro atoms. The van der Waals surface area contributed by atoms with Gasteiger partial charge in [0.05, 0.1) is 0 Å². The van der Waals surface area contributed by atoms with Crippen LogP contribution in [0.5, 0.6) is 0 Å². The third-order valence-electron chi connectivity index (χ3n) is 0. The molecule has 0 heterocycles. The molecule has 0 amide bonds. The summed E-state index contributed by atoms with van der Waals surface area (Å²) in [6.45, 7) is 0. The fraction of sp³-hybridized carbons (Fsp3) is 0.875. The zero-order chi connectivity index (χ0) is 2.71. The van der Waals surface area contributed by atoms with Crippen LogP contribution in [-0.4, -0.2) is 6.15 Å². The van der Waals surface area contributed by atoms with E-state index in [1.807, 2.05) is 0 Å². The highest BCUT2D eigenvalue weighted by Gasteiger charge is 1.13. The van der Waals surface area contributed by atoms with Gasteiger partial charge in [0.2, 0.25) is 0 Å². The van der Waals surface area contributed by atoms with Crippen LogP contribution in [0.2, 0.25) is 0 Å². The average molecular weight is 284 g/mol. The van der Waals surface area contributed by atoms with Crippen molar-refractivity contribution in [3.63, 3.8) is 0 Å². The smallest absolute Gasteiger partial charge is 0.186 e. The minimum atomic E-state index is 0. The lowest BCUT2D eigenvalue weighted by Gasteiger charge is -0.945. The van der Waals surface area contributed by atoms with Gasteiger partial charge in [-0.15, -0.1) is 24.0 Å². The molecular weight excluding hydrogens is 255 g/mol. The zero-order valence-corrected chi connectivity index (χ0v) is 4.06. The van der Waals surface area contributed by atoms with Gasteiger partial charge in [-0.2, -0.15) is 9.59 Å². The second-order valence-electron chi connectivity index (χ2n) is 0.0833. The normalized spacial score (nSPS) is 0.727. The maximum Gasteiger partial charge on any atom is 0.373 e. The van der Waals surface area contributed by atoms with Gasteiger partial charge in [-0.3, -0.25) is 0 Å². The monoisotopic (exact) mass is 284 g/mol. The Morgan fingerprint density at radius 1 is 0.545 bits per heavy atom. The maximum absolute atomic E-state index is 8.12. The summed E-state index contributed by atoms with van der Waals surface area (Å²) in [5.41, 5.74) is 0. The van der Waals surface area contributed by atoms with Crippen molar-refractivity contribution in [2.24, 2.45) is 0 Å². The maximum atomic E-state index is 8.12. The molecule has 0 aliphatic heterocycles. The third kappa shape index (κ3) is 55000. The number of carbonyl (C=O) groups excluding carboxylic acids is 2. The first-order valence-electron chi connectivity index (χ1n) is 0.408. The predicted octanol–water partition coefficient (Wildman–Crippen LogP) is 4.49. The lowest BCUT2D eigenvalue weighted by atomic mass is 11.8. The van der Waals surface area contributed by atoms with Gasteiger partial charge in [-0.1, -0.05) is 52.0 Å². The van der Waals surface area contributed by atoms with Crippen molar-refractivity contribution >= 4 is 30.1 Å². The van der Waals surface area contributed by atoms with Crippen molar-refractivity contribution in [3.05, 3.63) is 0 Å². The average Bonchev–Trinajstić information content (AvgIpc) is 0.918. The number of halogens is 1. The van der Waals surface area contributed by atoms with Crippen LogP contribution in [0.3, 0.4) is 0 Å². The lowest BCUT2D eigenvalue weighted by molar-refractivity contribution is -0.191. The number of rotatable bonds is 0. The van der Waals surface area contributed by atoms with Gasteiger partial charge in [0, 0.05) is 0 Å². The Labute approximate surface area is 91.8 Å². The van der Waals surface area contributed by atoms with E-state index in [1.54, 1.807) is 0 Å². The first-order valence-corrected chi connectivity index (χ1v) is 0.408. The first-order chi connectivity index (χ1) is 1.41.